The van der Waals surface area contributed by atoms with E-state index in [0.29, 0.717) is 0 Å². The molecule has 0 bridgehead atoms. The molecule has 0 aliphatic heterocycles. The van der Waals surface area contributed by atoms with E-state index < -0.39 is 0 Å². The Labute approximate surface area is 364 Å². The van der Waals surface area contributed by atoms with Gasteiger partial charge in [-0.25, -0.2) is 0 Å². The van der Waals surface area contributed by atoms with Crippen LogP contribution in [0.4, 0.5) is 17.1 Å². The Hall–Kier alpha value is -7.74. The van der Waals surface area contributed by atoms with Crippen molar-refractivity contribution in [2.24, 2.45) is 0 Å². The molecule has 0 N–H and O–H groups in total. The smallest absolute Gasteiger partial charge is 0.0540 e. The van der Waals surface area contributed by atoms with Gasteiger partial charge in [0, 0.05) is 22.4 Å². The van der Waals surface area contributed by atoms with Crippen LogP contribution in [0.2, 0.25) is 0 Å². The summed E-state index contributed by atoms with van der Waals surface area (Å²) in [5, 5.41) is 2.52. The van der Waals surface area contributed by atoms with Crippen molar-refractivity contribution in [2.75, 3.05) is 4.90 Å². The Morgan fingerprint density at radius 2 is 0.774 bits per heavy atom. The molecule has 0 heterocycles. The van der Waals surface area contributed by atoms with Crippen LogP contribution in [0.1, 0.15) is 25.0 Å². The fourth-order valence-corrected chi connectivity index (χ4v) is 9.65. The molecular formula is C61H45N. The van der Waals surface area contributed by atoms with E-state index in [-0.39, 0.29) is 5.41 Å². The van der Waals surface area contributed by atoms with Gasteiger partial charge >= 0.3 is 0 Å². The van der Waals surface area contributed by atoms with Gasteiger partial charge in [0.05, 0.1) is 5.69 Å². The van der Waals surface area contributed by atoms with E-state index in [0.717, 1.165) is 17.1 Å². The lowest BCUT2D eigenvalue weighted by molar-refractivity contribution is 0.660. The summed E-state index contributed by atoms with van der Waals surface area (Å²) in [6.07, 6.45) is 0. The lowest BCUT2D eigenvalue weighted by Gasteiger charge is -2.30. The Bertz CT molecular complexity index is 3250. The van der Waals surface area contributed by atoms with Gasteiger partial charge in [-0.1, -0.05) is 208 Å². The lowest BCUT2D eigenvalue weighted by Crippen LogP contribution is -2.17. The van der Waals surface area contributed by atoms with Crippen LogP contribution in [0.15, 0.2) is 237 Å². The van der Waals surface area contributed by atoms with Crippen molar-refractivity contribution in [3.8, 4) is 66.8 Å². The van der Waals surface area contributed by atoms with Crippen molar-refractivity contribution >= 4 is 27.8 Å². The van der Waals surface area contributed by atoms with Crippen LogP contribution in [0, 0.1) is 0 Å². The molecule has 1 aliphatic rings. The first kappa shape index (κ1) is 37.3. The van der Waals surface area contributed by atoms with Gasteiger partial charge in [-0.3, -0.25) is 0 Å². The van der Waals surface area contributed by atoms with Gasteiger partial charge in [-0.15, -0.1) is 0 Å². The van der Waals surface area contributed by atoms with Gasteiger partial charge in [0.1, 0.15) is 0 Å². The van der Waals surface area contributed by atoms with Gasteiger partial charge in [0.2, 0.25) is 0 Å². The molecule has 0 amide bonds. The Morgan fingerprint density at radius 1 is 0.274 bits per heavy atom. The van der Waals surface area contributed by atoms with E-state index in [2.05, 4.69) is 255 Å². The summed E-state index contributed by atoms with van der Waals surface area (Å²) < 4.78 is 0. The first-order chi connectivity index (χ1) is 30.5. The van der Waals surface area contributed by atoms with Gasteiger partial charge < -0.3 is 4.90 Å². The second kappa shape index (κ2) is 15.4. The molecule has 0 fully saturated rings. The van der Waals surface area contributed by atoms with Crippen LogP contribution in [0.5, 0.6) is 0 Å². The SMILES string of the molecule is CC1(C)c2ccccc2-c2ccc(N(c3ccc(-c4ccc(-c5cccc(-c6ccc7ccccc7c6)c5)cc4)cc3)c3ccccc3-c3ccccc3-c3ccccc3)cc21. The third kappa shape index (κ3) is 6.60. The van der Waals surface area contributed by atoms with Crippen LogP contribution in [-0.2, 0) is 5.41 Å². The minimum absolute atomic E-state index is 0.124. The predicted molar refractivity (Wildman–Crippen MR) is 263 cm³/mol. The van der Waals surface area contributed by atoms with Crippen LogP contribution in [0.25, 0.3) is 77.5 Å². The molecule has 1 nitrogen and oxygen atoms in total. The molecule has 294 valence electrons. The summed E-state index contributed by atoms with van der Waals surface area (Å²) in [6.45, 7) is 4.72. The monoisotopic (exact) mass is 791 g/mol. The summed E-state index contributed by atoms with van der Waals surface area (Å²) in [4.78, 5) is 2.45. The molecule has 0 atom stereocenters. The molecule has 0 spiro atoms. The topological polar surface area (TPSA) is 3.24 Å². The van der Waals surface area contributed by atoms with E-state index in [4.69, 9.17) is 0 Å². The molecule has 1 heteroatoms. The van der Waals surface area contributed by atoms with Gasteiger partial charge in [-0.2, -0.15) is 0 Å². The van der Waals surface area contributed by atoms with Crippen LogP contribution < -0.4 is 4.90 Å². The maximum absolute atomic E-state index is 2.45. The fourth-order valence-electron chi connectivity index (χ4n) is 9.65. The first-order valence-corrected chi connectivity index (χ1v) is 21.6. The maximum Gasteiger partial charge on any atom is 0.0540 e. The van der Waals surface area contributed by atoms with Gasteiger partial charge in [0.25, 0.3) is 0 Å². The third-order valence-corrected chi connectivity index (χ3v) is 12.9. The van der Waals surface area contributed by atoms with Crippen molar-refractivity contribution in [3.63, 3.8) is 0 Å². The van der Waals surface area contributed by atoms with Crippen molar-refractivity contribution in [2.45, 2.75) is 19.3 Å². The zero-order valence-electron chi connectivity index (χ0n) is 35.0. The zero-order chi connectivity index (χ0) is 41.6. The quantitative estimate of drug-likeness (QED) is 0.148. The number of rotatable bonds is 8. The molecule has 11 rings (SSSR count). The van der Waals surface area contributed by atoms with Crippen molar-refractivity contribution in [1.82, 2.24) is 0 Å². The molecule has 0 saturated heterocycles. The Morgan fingerprint density at radius 3 is 1.53 bits per heavy atom. The largest absolute Gasteiger partial charge is 0.310 e. The molecule has 0 saturated carbocycles. The average molecular weight is 792 g/mol. The van der Waals surface area contributed by atoms with E-state index in [9.17, 15) is 0 Å². The number of fused-ring (bicyclic) bond motifs is 4. The van der Waals surface area contributed by atoms with Crippen molar-refractivity contribution in [1.29, 1.82) is 0 Å². The maximum atomic E-state index is 2.45. The van der Waals surface area contributed by atoms with Crippen LogP contribution in [0.3, 0.4) is 0 Å². The van der Waals surface area contributed by atoms with Gasteiger partial charge in [-0.05, 0) is 126 Å². The zero-order valence-corrected chi connectivity index (χ0v) is 35.0. The number of hydrogen-bond acceptors (Lipinski definition) is 1. The molecule has 62 heavy (non-hydrogen) atoms. The number of benzene rings is 10. The highest BCUT2D eigenvalue weighted by Gasteiger charge is 2.36. The summed E-state index contributed by atoms with van der Waals surface area (Å²) >= 11 is 0. The molecular weight excluding hydrogens is 747 g/mol. The highest BCUT2D eigenvalue weighted by molar-refractivity contribution is 5.95. The highest BCUT2D eigenvalue weighted by Crippen LogP contribution is 2.51. The normalized spacial score (nSPS) is 12.5. The standard InChI is InChI=1S/C61H45N/c1-61(2)58-25-12-10-23-55(58)56-38-37-52(41-59(56)61)62(60-26-13-11-24-57(60)54-22-9-8-21-53(54)46-16-4-3-5-17-46)51-35-33-44(34-36-51)43-27-29-45(30-28-43)48-19-14-20-49(39-48)50-32-31-42-15-6-7-18-47(42)40-50/h3-41H,1-2H3. The lowest BCUT2D eigenvalue weighted by atomic mass is 9.82. The minimum atomic E-state index is -0.124. The summed E-state index contributed by atoms with van der Waals surface area (Å²) in [5.41, 5.74) is 20.6. The third-order valence-electron chi connectivity index (χ3n) is 12.9. The van der Waals surface area contributed by atoms with Crippen molar-refractivity contribution < 1.29 is 0 Å². The number of anilines is 3. The van der Waals surface area contributed by atoms with E-state index in [1.807, 2.05) is 0 Å². The predicted octanol–water partition coefficient (Wildman–Crippen LogP) is 17.0. The summed E-state index contributed by atoms with van der Waals surface area (Å²) in [5.74, 6) is 0. The molecule has 10 aromatic rings. The highest BCUT2D eigenvalue weighted by atomic mass is 15.1. The molecule has 10 aromatic carbocycles. The second-order valence-electron chi connectivity index (χ2n) is 16.9. The number of hydrogen-bond donors (Lipinski definition) is 0. The molecule has 0 unspecified atom stereocenters. The summed E-state index contributed by atoms with van der Waals surface area (Å²) in [6, 6.07) is 86.6. The number of para-hydroxylation sites is 1. The molecule has 0 radical (unpaired) electrons. The number of nitrogens with zero attached hydrogens (tertiary/aromatic N) is 1. The Kier molecular flexibility index (Phi) is 9.24. The molecule has 1 aliphatic carbocycles. The average Bonchev–Trinajstić information content (AvgIpc) is 3.57. The van der Waals surface area contributed by atoms with Gasteiger partial charge in [0.15, 0.2) is 0 Å². The van der Waals surface area contributed by atoms with Crippen molar-refractivity contribution in [3.05, 3.63) is 248 Å². The second-order valence-corrected chi connectivity index (χ2v) is 16.9. The van der Waals surface area contributed by atoms with E-state index in [1.54, 1.807) is 0 Å². The Balaban J connectivity index is 0.971. The van der Waals surface area contributed by atoms with Crippen LogP contribution >= 0.6 is 0 Å². The fraction of sp³-hybridized carbons (Fsp3) is 0.0492. The summed E-state index contributed by atoms with van der Waals surface area (Å²) in [7, 11) is 0. The van der Waals surface area contributed by atoms with E-state index >= 15 is 0 Å². The van der Waals surface area contributed by atoms with E-state index in [1.165, 1.54) is 88.7 Å². The molecule has 0 aromatic heterocycles. The van der Waals surface area contributed by atoms with Crippen LogP contribution in [-0.4, -0.2) is 0 Å². The minimum Gasteiger partial charge on any atom is -0.310 e. The first-order valence-electron chi connectivity index (χ1n) is 21.6.